The molecule has 0 saturated heterocycles. The smallest absolute Gasteiger partial charge is 0.0656 e. The van der Waals surface area contributed by atoms with Gasteiger partial charge in [-0.05, 0) is 35.7 Å². The quantitative estimate of drug-likeness (QED) is 0.358. The van der Waals surface area contributed by atoms with Crippen LogP contribution in [0.2, 0.25) is 0 Å². The van der Waals surface area contributed by atoms with Crippen LogP contribution in [-0.4, -0.2) is 4.98 Å². The largest absolute Gasteiger partial charge is 0.361 e. The van der Waals surface area contributed by atoms with Crippen LogP contribution < -0.4 is 0 Å². The van der Waals surface area contributed by atoms with Crippen molar-refractivity contribution >= 4 is 32.9 Å². The highest BCUT2D eigenvalue weighted by atomic mass is 79.9. The van der Waals surface area contributed by atoms with Gasteiger partial charge in [0.2, 0.25) is 0 Å². The van der Waals surface area contributed by atoms with E-state index < -0.39 is 0 Å². The molecule has 0 amide bonds. The fourth-order valence-electron chi connectivity index (χ4n) is 2.82. The van der Waals surface area contributed by atoms with Gasteiger partial charge in [0, 0.05) is 28.0 Å². The molecule has 1 nitrogen and oxygen atoms in total. The van der Waals surface area contributed by atoms with Crippen molar-refractivity contribution in [3.63, 3.8) is 0 Å². The van der Waals surface area contributed by atoms with Crippen molar-refractivity contribution in [3.05, 3.63) is 76.4 Å². The second-order valence-corrected chi connectivity index (χ2v) is 7.02. The monoisotopic (exact) mass is 391 g/mol. The van der Waals surface area contributed by atoms with E-state index in [0.717, 1.165) is 22.8 Å². The minimum absolute atomic E-state index is 0.0834. The maximum atomic E-state index is 3.58. The third kappa shape index (κ3) is 4.65. The third-order valence-corrected chi connectivity index (χ3v) is 4.70. The van der Waals surface area contributed by atoms with Gasteiger partial charge in [-0.15, -0.1) is 5.92 Å². The number of benzene rings is 2. The van der Waals surface area contributed by atoms with Gasteiger partial charge in [0.15, 0.2) is 0 Å². The molecule has 0 saturated carbocycles. The van der Waals surface area contributed by atoms with Crippen LogP contribution in [0.4, 0.5) is 0 Å². The van der Waals surface area contributed by atoms with E-state index in [9.17, 15) is 0 Å². The number of H-pyrrole nitrogens is 1. The van der Waals surface area contributed by atoms with E-state index in [1.165, 1.54) is 22.9 Å². The Labute approximate surface area is 158 Å². The second-order valence-electron chi connectivity index (χ2n) is 6.11. The standard InChI is InChI=1S/C23H22BrN/c1-2-3-4-8-11-19(13-12-18-9-6-5-7-10-18)22-17-25-23-15-14-20(24)16-21(22)23/h5-7,9-10,12-17,19,25H,2-4H2,1H3. The van der Waals surface area contributed by atoms with Gasteiger partial charge in [0.05, 0.1) is 5.92 Å². The summed E-state index contributed by atoms with van der Waals surface area (Å²) in [5, 5.41) is 1.22. The number of unbranched alkanes of at least 4 members (excludes halogenated alkanes) is 2. The highest BCUT2D eigenvalue weighted by Crippen LogP contribution is 2.29. The molecule has 0 bridgehead atoms. The van der Waals surface area contributed by atoms with Gasteiger partial charge in [-0.25, -0.2) is 0 Å². The average molecular weight is 392 g/mol. The molecule has 1 unspecified atom stereocenters. The van der Waals surface area contributed by atoms with Crippen molar-refractivity contribution in [2.75, 3.05) is 0 Å². The van der Waals surface area contributed by atoms with Crippen LogP contribution >= 0.6 is 15.9 Å². The zero-order chi connectivity index (χ0) is 17.5. The van der Waals surface area contributed by atoms with Crippen LogP contribution in [0.25, 0.3) is 17.0 Å². The van der Waals surface area contributed by atoms with E-state index in [4.69, 9.17) is 0 Å². The molecule has 0 fully saturated rings. The molecular weight excluding hydrogens is 370 g/mol. The summed E-state index contributed by atoms with van der Waals surface area (Å²) < 4.78 is 1.09. The number of fused-ring (bicyclic) bond motifs is 1. The van der Waals surface area contributed by atoms with Crippen molar-refractivity contribution in [2.24, 2.45) is 0 Å². The van der Waals surface area contributed by atoms with Crippen LogP contribution in [0, 0.1) is 11.8 Å². The molecule has 1 aromatic heterocycles. The fourth-order valence-corrected chi connectivity index (χ4v) is 3.18. The summed E-state index contributed by atoms with van der Waals surface area (Å²) in [6, 6.07) is 16.7. The SMILES string of the molecule is CCCCC#CC(C=Cc1ccccc1)c1c[nH]c2ccc(Br)cc12. The number of allylic oxidation sites excluding steroid dienone is 1. The first-order valence-electron chi connectivity index (χ1n) is 8.76. The van der Waals surface area contributed by atoms with Gasteiger partial charge in [0.1, 0.15) is 0 Å². The van der Waals surface area contributed by atoms with Gasteiger partial charge in [-0.1, -0.05) is 77.7 Å². The molecule has 25 heavy (non-hydrogen) atoms. The minimum atomic E-state index is 0.0834. The first kappa shape index (κ1) is 17.6. The number of aromatic nitrogens is 1. The van der Waals surface area contributed by atoms with E-state index in [1.807, 2.05) is 6.07 Å². The third-order valence-electron chi connectivity index (χ3n) is 4.20. The Bertz CT molecular complexity index is 909. The summed E-state index contributed by atoms with van der Waals surface area (Å²) in [4.78, 5) is 3.37. The van der Waals surface area contributed by atoms with Gasteiger partial charge >= 0.3 is 0 Å². The molecule has 0 aliphatic carbocycles. The Morgan fingerprint density at radius 3 is 2.80 bits per heavy atom. The van der Waals surface area contributed by atoms with Crippen LogP contribution in [-0.2, 0) is 0 Å². The lowest BCUT2D eigenvalue weighted by Crippen LogP contribution is -1.91. The first-order valence-corrected chi connectivity index (χ1v) is 9.55. The van der Waals surface area contributed by atoms with Crippen molar-refractivity contribution in [1.29, 1.82) is 0 Å². The summed E-state index contributed by atoms with van der Waals surface area (Å²) in [5.41, 5.74) is 3.57. The Kier molecular flexibility index (Phi) is 6.14. The maximum absolute atomic E-state index is 3.58. The molecule has 0 radical (unpaired) electrons. The molecule has 0 spiro atoms. The van der Waals surface area contributed by atoms with E-state index in [0.29, 0.717) is 0 Å². The molecule has 1 N–H and O–H groups in total. The Morgan fingerprint density at radius 2 is 2.00 bits per heavy atom. The van der Waals surface area contributed by atoms with Gasteiger partial charge < -0.3 is 4.98 Å². The lowest BCUT2D eigenvalue weighted by molar-refractivity contribution is 0.827. The molecular formula is C23H22BrN. The molecule has 126 valence electrons. The Balaban J connectivity index is 1.95. The molecule has 0 aliphatic heterocycles. The summed E-state index contributed by atoms with van der Waals surface area (Å²) in [7, 11) is 0. The predicted molar refractivity (Wildman–Crippen MR) is 112 cm³/mol. The van der Waals surface area contributed by atoms with Crippen molar-refractivity contribution in [2.45, 2.75) is 32.1 Å². The van der Waals surface area contributed by atoms with Crippen LogP contribution in [0.15, 0.2) is 65.3 Å². The topological polar surface area (TPSA) is 15.8 Å². The van der Waals surface area contributed by atoms with Crippen molar-refractivity contribution < 1.29 is 0 Å². The number of halogens is 1. The van der Waals surface area contributed by atoms with Crippen LogP contribution in [0.1, 0.15) is 43.2 Å². The van der Waals surface area contributed by atoms with Gasteiger partial charge in [0.25, 0.3) is 0 Å². The van der Waals surface area contributed by atoms with Gasteiger partial charge in [-0.2, -0.15) is 0 Å². The summed E-state index contributed by atoms with van der Waals surface area (Å²) in [6.45, 7) is 2.20. The zero-order valence-corrected chi connectivity index (χ0v) is 16.0. The van der Waals surface area contributed by atoms with E-state index in [1.54, 1.807) is 0 Å². The molecule has 2 heteroatoms. The highest BCUT2D eigenvalue weighted by molar-refractivity contribution is 9.10. The average Bonchev–Trinajstić information content (AvgIpc) is 3.05. The Hall–Kier alpha value is -2.24. The maximum Gasteiger partial charge on any atom is 0.0656 e. The van der Waals surface area contributed by atoms with E-state index in [-0.39, 0.29) is 5.92 Å². The predicted octanol–water partition coefficient (Wildman–Crippen LogP) is 6.92. The minimum Gasteiger partial charge on any atom is -0.361 e. The normalized spacial score (nSPS) is 12.2. The number of aromatic amines is 1. The van der Waals surface area contributed by atoms with E-state index >= 15 is 0 Å². The number of hydrogen-bond donors (Lipinski definition) is 1. The van der Waals surface area contributed by atoms with Crippen LogP contribution in [0.3, 0.4) is 0 Å². The Morgan fingerprint density at radius 1 is 1.16 bits per heavy atom. The molecule has 3 rings (SSSR count). The van der Waals surface area contributed by atoms with Crippen molar-refractivity contribution in [1.82, 2.24) is 4.98 Å². The van der Waals surface area contributed by atoms with Crippen molar-refractivity contribution in [3.8, 4) is 11.8 Å². The van der Waals surface area contributed by atoms with Gasteiger partial charge in [-0.3, -0.25) is 0 Å². The first-order chi connectivity index (χ1) is 12.3. The lowest BCUT2D eigenvalue weighted by Gasteiger charge is -2.05. The summed E-state index contributed by atoms with van der Waals surface area (Å²) in [6.07, 6.45) is 9.75. The van der Waals surface area contributed by atoms with E-state index in [2.05, 4.69) is 100 Å². The molecule has 3 aromatic rings. The zero-order valence-electron chi connectivity index (χ0n) is 14.4. The summed E-state index contributed by atoms with van der Waals surface area (Å²) >= 11 is 3.58. The second kappa shape index (κ2) is 8.74. The summed E-state index contributed by atoms with van der Waals surface area (Å²) in [5.74, 6) is 6.91. The molecule has 2 aromatic carbocycles. The molecule has 1 heterocycles. The highest BCUT2D eigenvalue weighted by Gasteiger charge is 2.11. The number of hydrogen-bond acceptors (Lipinski definition) is 0. The molecule has 1 atom stereocenters. The van der Waals surface area contributed by atoms with Crippen LogP contribution in [0.5, 0.6) is 0 Å². The number of nitrogens with one attached hydrogen (secondary N) is 1. The fraction of sp³-hybridized carbons (Fsp3) is 0.217. The molecule has 0 aliphatic rings. The lowest BCUT2D eigenvalue weighted by atomic mass is 9.97. The number of rotatable bonds is 5.